The molecule has 33 heavy (non-hydrogen) atoms. The zero-order chi connectivity index (χ0) is 24.0. The number of allylic oxidation sites excluding steroid dienone is 4. The van der Waals surface area contributed by atoms with Gasteiger partial charge in [-0.3, -0.25) is 14.4 Å². The lowest BCUT2D eigenvalue weighted by atomic mass is 9.42. The predicted octanol–water partition coefficient (Wildman–Crippen LogP) is 2.55. The van der Waals surface area contributed by atoms with Crippen LogP contribution in [-0.4, -0.2) is 54.1 Å². The molecule has 0 spiro atoms. The fourth-order valence-electron chi connectivity index (χ4n) is 8.86. The lowest BCUT2D eigenvalue weighted by Crippen LogP contribution is -2.69. The molecule has 7 heteroatoms. The molecule has 0 bridgehead atoms. The van der Waals surface area contributed by atoms with Crippen molar-refractivity contribution in [1.82, 2.24) is 5.32 Å². The number of carbonyl (C=O) groups excluding carboxylic acids is 3. The maximum Gasteiger partial charge on any atom is 0.303 e. The second kappa shape index (κ2) is 7.08. The van der Waals surface area contributed by atoms with E-state index in [1.807, 2.05) is 20.8 Å². The van der Waals surface area contributed by atoms with Gasteiger partial charge in [-0.15, -0.1) is 0 Å². The van der Waals surface area contributed by atoms with Crippen LogP contribution in [0.4, 0.5) is 4.39 Å². The number of carbonyl (C=O) groups is 3. The predicted molar refractivity (Wildman–Crippen MR) is 119 cm³/mol. The molecule has 5 aliphatic rings. The van der Waals surface area contributed by atoms with E-state index < -0.39 is 39.9 Å². The number of nitrogens with one attached hydrogen (secondary N) is 1. The van der Waals surface area contributed by atoms with Crippen molar-refractivity contribution in [2.24, 2.45) is 39.9 Å². The highest BCUT2D eigenvalue weighted by Gasteiger charge is 2.77. The van der Waals surface area contributed by atoms with E-state index in [2.05, 4.69) is 5.32 Å². The molecule has 0 aromatic rings. The van der Waals surface area contributed by atoms with Crippen LogP contribution in [0.3, 0.4) is 0 Å². The average Bonchev–Trinajstić information content (AvgIpc) is 3.27. The number of halogens is 1. The molecule has 0 aromatic heterocycles. The minimum Gasteiger partial charge on any atom is -0.458 e. The van der Waals surface area contributed by atoms with E-state index in [-0.39, 0.29) is 42.3 Å². The largest absolute Gasteiger partial charge is 0.458 e. The highest BCUT2D eigenvalue weighted by atomic mass is 19.1. The van der Waals surface area contributed by atoms with E-state index in [0.717, 1.165) is 5.57 Å². The van der Waals surface area contributed by atoms with Crippen molar-refractivity contribution in [3.05, 3.63) is 23.8 Å². The third-order valence-corrected chi connectivity index (χ3v) is 10.3. The summed E-state index contributed by atoms with van der Waals surface area (Å²) in [5, 5.41) is 14.9. The van der Waals surface area contributed by atoms with Crippen LogP contribution < -0.4 is 5.32 Å². The molecule has 3 saturated carbocycles. The SMILES string of the molecule is CC(=O)OCC(=O)C12CNCC1CC1C3CC(C)C4=CC(=O)C=CC4(C)C3(F)C(O)CC12C. The topological polar surface area (TPSA) is 92.7 Å². The Morgan fingerprint density at radius 1 is 1.27 bits per heavy atom. The first kappa shape index (κ1) is 22.9. The Morgan fingerprint density at radius 2 is 2.00 bits per heavy atom. The van der Waals surface area contributed by atoms with Crippen molar-refractivity contribution in [2.75, 3.05) is 19.7 Å². The molecule has 180 valence electrons. The monoisotopic (exact) mass is 459 g/mol. The van der Waals surface area contributed by atoms with Crippen LogP contribution in [0.15, 0.2) is 23.8 Å². The first-order valence-corrected chi connectivity index (χ1v) is 12.1. The number of hydrogen-bond donors (Lipinski definition) is 2. The van der Waals surface area contributed by atoms with Crippen LogP contribution in [0.1, 0.15) is 47.0 Å². The molecule has 9 unspecified atom stereocenters. The zero-order valence-electron chi connectivity index (χ0n) is 19.8. The fraction of sp³-hybridized carbons (Fsp3) is 0.731. The molecule has 4 fully saturated rings. The molecule has 1 saturated heterocycles. The first-order chi connectivity index (χ1) is 15.4. The van der Waals surface area contributed by atoms with Gasteiger partial charge in [0, 0.05) is 24.8 Å². The summed E-state index contributed by atoms with van der Waals surface area (Å²) in [5.74, 6) is -1.29. The van der Waals surface area contributed by atoms with Crippen LogP contribution in [0, 0.1) is 39.9 Å². The Bertz CT molecular complexity index is 991. The van der Waals surface area contributed by atoms with Gasteiger partial charge in [-0.05, 0) is 68.1 Å². The lowest BCUT2D eigenvalue weighted by molar-refractivity contribution is -0.210. The number of rotatable bonds is 3. The summed E-state index contributed by atoms with van der Waals surface area (Å²) in [5.41, 5.74) is -3.64. The number of esters is 1. The molecule has 9 atom stereocenters. The number of Topliss-reactive ketones (excluding diaryl/α,β-unsaturated/α-hetero) is 1. The standard InChI is InChI=1S/C26H34FNO5/c1-14-7-20-19-8-16-11-28-13-25(16,22(32)12-33-15(2)29)24(19,4)10-21(31)26(20,27)23(3)6-5-17(30)9-18(14)23/h5-6,9,14,16,19-21,28,31H,7-8,10-13H2,1-4H3. The Morgan fingerprint density at radius 3 is 2.70 bits per heavy atom. The molecule has 6 nitrogen and oxygen atoms in total. The summed E-state index contributed by atoms with van der Waals surface area (Å²) in [6.45, 7) is 8.00. The smallest absolute Gasteiger partial charge is 0.303 e. The maximum absolute atomic E-state index is 17.4. The Kier molecular flexibility index (Phi) is 4.91. The zero-order valence-corrected chi connectivity index (χ0v) is 19.8. The molecule has 0 aromatic carbocycles. The lowest BCUT2D eigenvalue weighted by Gasteiger charge is -2.64. The van der Waals surface area contributed by atoms with Gasteiger partial charge < -0.3 is 15.2 Å². The molecule has 0 amide bonds. The van der Waals surface area contributed by atoms with Gasteiger partial charge >= 0.3 is 5.97 Å². The van der Waals surface area contributed by atoms with Crippen molar-refractivity contribution in [1.29, 1.82) is 0 Å². The van der Waals surface area contributed by atoms with Crippen molar-refractivity contribution in [3.63, 3.8) is 0 Å². The number of ether oxygens (including phenoxy) is 1. The van der Waals surface area contributed by atoms with Gasteiger partial charge in [0.25, 0.3) is 0 Å². The number of aliphatic hydroxyl groups excluding tert-OH is 1. The molecule has 1 aliphatic heterocycles. The quantitative estimate of drug-likeness (QED) is 0.630. The van der Waals surface area contributed by atoms with Crippen LogP contribution >= 0.6 is 0 Å². The number of hydrogen-bond acceptors (Lipinski definition) is 6. The summed E-state index contributed by atoms with van der Waals surface area (Å²) < 4.78 is 22.5. The number of ketones is 2. The fourth-order valence-corrected chi connectivity index (χ4v) is 8.86. The number of fused-ring (bicyclic) bond motifs is 7. The van der Waals surface area contributed by atoms with E-state index in [0.29, 0.717) is 25.9 Å². The van der Waals surface area contributed by atoms with Crippen LogP contribution in [0.5, 0.6) is 0 Å². The van der Waals surface area contributed by atoms with Crippen molar-refractivity contribution in [3.8, 4) is 0 Å². The average molecular weight is 460 g/mol. The first-order valence-electron chi connectivity index (χ1n) is 12.1. The number of alkyl halides is 1. The van der Waals surface area contributed by atoms with E-state index in [4.69, 9.17) is 4.74 Å². The van der Waals surface area contributed by atoms with Gasteiger partial charge in [-0.1, -0.05) is 25.5 Å². The van der Waals surface area contributed by atoms with Crippen molar-refractivity contribution >= 4 is 17.5 Å². The van der Waals surface area contributed by atoms with Gasteiger partial charge in [0.15, 0.2) is 23.8 Å². The van der Waals surface area contributed by atoms with E-state index in [1.165, 1.54) is 13.0 Å². The molecule has 1 heterocycles. The van der Waals surface area contributed by atoms with Crippen LogP contribution in [0.25, 0.3) is 0 Å². The number of aliphatic hydroxyl groups is 1. The highest BCUT2D eigenvalue weighted by Crippen LogP contribution is 2.74. The summed E-state index contributed by atoms with van der Waals surface area (Å²) >= 11 is 0. The van der Waals surface area contributed by atoms with Gasteiger partial charge in [0.05, 0.1) is 11.5 Å². The van der Waals surface area contributed by atoms with Gasteiger partial charge in [-0.25, -0.2) is 4.39 Å². The van der Waals surface area contributed by atoms with Gasteiger partial charge in [-0.2, -0.15) is 0 Å². The third-order valence-electron chi connectivity index (χ3n) is 10.3. The van der Waals surface area contributed by atoms with Gasteiger partial charge in [0.2, 0.25) is 0 Å². The Balaban J connectivity index is 1.59. The minimum atomic E-state index is -1.92. The second-order valence-electron chi connectivity index (χ2n) is 11.5. The minimum absolute atomic E-state index is 0.00131. The summed E-state index contributed by atoms with van der Waals surface area (Å²) in [6, 6.07) is 0. The van der Waals surface area contributed by atoms with E-state index >= 15 is 4.39 Å². The van der Waals surface area contributed by atoms with Crippen LogP contribution in [0.2, 0.25) is 0 Å². The third kappa shape index (κ3) is 2.64. The van der Waals surface area contributed by atoms with Crippen molar-refractivity contribution in [2.45, 2.75) is 58.7 Å². The summed E-state index contributed by atoms with van der Waals surface area (Å²) in [4.78, 5) is 37.1. The molecular formula is C26H34FNO5. The Hall–Kier alpha value is -1.86. The highest BCUT2D eigenvalue weighted by molar-refractivity contribution is 6.01. The molecule has 4 aliphatic carbocycles. The van der Waals surface area contributed by atoms with E-state index in [9.17, 15) is 19.5 Å². The summed E-state index contributed by atoms with van der Waals surface area (Å²) in [7, 11) is 0. The van der Waals surface area contributed by atoms with Gasteiger partial charge in [0.1, 0.15) is 0 Å². The van der Waals surface area contributed by atoms with Crippen LogP contribution in [-0.2, 0) is 19.1 Å². The molecule has 0 radical (unpaired) electrons. The summed E-state index contributed by atoms with van der Waals surface area (Å²) in [6.07, 6.45) is 4.76. The van der Waals surface area contributed by atoms with E-state index in [1.54, 1.807) is 12.2 Å². The molecular weight excluding hydrogens is 425 g/mol. The maximum atomic E-state index is 17.4. The molecule has 2 N–H and O–H groups in total. The van der Waals surface area contributed by atoms with Crippen molar-refractivity contribution < 1.29 is 28.6 Å². The Labute approximate surface area is 194 Å². The normalized spacial score (nSPS) is 50.1. The molecule has 5 rings (SSSR count). The second-order valence-corrected chi connectivity index (χ2v) is 11.5.